The predicted octanol–water partition coefficient (Wildman–Crippen LogP) is 1.07. The summed E-state index contributed by atoms with van der Waals surface area (Å²) in [6.07, 6.45) is 0.474. The van der Waals surface area contributed by atoms with Gasteiger partial charge in [-0.2, -0.15) is 0 Å². The molecule has 0 aromatic rings. The smallest absolute Gasteiger partial charge is 0.226 e. The van der Waals surface area contributed by atoms with Crippen LogP contribution in [0.15, 0.2) is 0 Å². The zero-order valence-electron chi connectivity index (χ0n) is 5.83. The molecule has 0 amide bonds. The van der Waals surface area contributed by atoms with Crippen molar-refractivity contribution in [2.24, 2.45) is 0 Å². The molecule has 0 spiro atoms. The Hall–Kier alpha value is -0.190. The Morgan fingerprint density at radius 2 is 2.60 bits per heavy atom. The molecule has 10 heavy (non-hydrogen) atoms. The Balaban J connectivity index is 2.17. The molecule has 0 radical (unpaired) electrons. The van der Waals surface area contributed by atoms with Gasteiger partial charge in [-0.25, -0.2) is 0 Å². The van der Waals surface area contributed by atoms with E-state index in [1.54, 1.807) is 0 Å². The molecule has 58 valence electrons. The van der Waals surface area contributed by atoms with Crippen molar-refractivity contribution in [1.82, 2.24) is 0 Å². The zero-order valence-corrected chi connectivity index (χ0v) is 6.65. The molecule has 0 aliphatic carbocycles. The van der Waals surface area contributed by atoms with Crippen LogP contribution in [-0.4, -0.2) is 24.7 Å². The van der Waals surface area contributed by atoms with E-state index in [1.165, 1.54) is 0 Å². The molecule has 1 rings (SSSR count). The van der Waals surface area contributed by atoms with Crippen LogP contribution in [0.1, 0.15) is 13.3 Å². The van der Waals surface area contributed by atoms with Crippen LogP contribution in [0.4, 0.5) is 0 Å². The summed E-state index contributed by atoms with van der Waals surface area (Å²) in [6, 6.07) is 0. The van der Waals surface area contributed by atoms with Crippen LogP contribution in [0.5, 0.6) is 0 Å². The van der Waals surface area contributed by atoms with E-state index in [1.807, 2.05) is 6.92 Å². The van der Waals surface area contributed by atoms with E-state index in [0.29, 0.717) is 18.5 Å². The molecular weight excluding hydrogens is 152 g/mol. The molecule has 1 saturated heterocycles. The Morgan fingerprint density at radius 3 is 3.10 bits per heavy atom. The topological polar surface area (TPSA) is 27.7 Å². The van der Waals surface area contributed by atoms with E-state index < -0.39 is 0 Å². The maximum Gasteiger partial charge on any atom is 0.226 e. The summed E-state index contributed by atoms with van der Waals surface area (Å²) in [5.41, 5.74) is 0. The van der Waals surface area contributed by atoms with Crippen molar-refractivity contribution >= 4 is 17.3 Å². The van der Waals surface area contributed by atoms with Crippen molar-refractivity contribution in [3.8, 4) is 0 Å². The van der Waals surface area contributed by atoms with Crippen LogP contribution in [0.2, 0.25) is 0 Å². The summed E-state index contributed by atoms with van der Waals surface area (Å²) in [4.78, 5) is 0. The van der Waals surface area contributed by atoms with E-state index in [9.17, 15) is 0 Å². The Kier molecular flexibility index (Phi) is 3.05. The normalized spacial score (nSPS) is 24.7. The first kappa shape index (κ1) is 7.91. The molecule has 4 heteroatoms. The second kappa shape index (κ2) is 3.85. The van der Waals surface area contributed by atoms with Crippen molar-refractivity contribution in [2.45, 2.75) is 19.6 Å². The van der Waals surface area contributed by atoms with Crippen molar-refractivity contribution in [3.63, 3.8) is 0 Å². The van der Waals surface area contributed by atoms with Gasteiger partial charge in [0.1, 0.15) is 6.61 Å². The molecular formula is C6H10O3S. The lowest BCUT2D eigenvalue weighted by Crippen LogP contribution is -2.17. The average molecular weight is 162 g/mol. The Labute approximate surface area is 65.3 Å². The third-order valence-corrected chi connectivity index (χ3v) is 1.53. The van der Waals surface area contributed by atoms with Crippen LogP contribution in [0.25, 0.3) is 0 Å². The highest BCUT2D eigenvalue weighted by atomic mass is 32.1. The molecule has 0 N–H and O–H groups in total. The van der Waals surface area contributed by atoms with Crippen LogP contribution < -0.4 is 0 Å². The first-order chi connectivity index (χ1) is 4.83. The van der Waals surface area contributed by atoms with Crippen LogP contribution in [0.3, 0.4) is 0 Å². The van der Waals surface area contributed by atoms with Gasteiger partial charge < -0.3 is 14.2 Å². The molecule has 1 aliphatic rings. The molecule has 1 aliphatic heterocycles. The van der Waals surface area contributed by atoms with Crippen molar-refractivity contribution in [2.75, 3.05) is 13.4 Å². The average Bonchev–Trinajstić information content (AvgIpc) is 2.40. The van der Waals surface area contributed by atoms with Crippen molar-refractivity contribution in [3.05, 3.63) is 0 Å². The summed E-state index contributed by atoms with van der Waals surface area (Å²) >= 11 is 4.83. The molecule has 1 atom stereocenters. The lowest BCUT2D eigenvalue weighted by Gasteiger charge is -2.09. The van der Waals surface area contributed by atoms with Gasteiger partial charge in [-0.15, -0.1) is 0 Å². The Morgan fingerprint density at radius 1 is 1.80 bits per heavy atom. The van der Waals surface area contributed by atoms with Crippen LogP contribution in [-0.2, 0) is 14.2 Å². The summed E-state index contributed by atoms with van der Waals surface area (Å²) in [5.74, 6) is 0. The number of hydrogen-bond donors (Lipinski definition) is 0. The number of hydrogen-bond acceptors (Lipinski definition) is 4. The summed E-state index contributed by atoms with van der Waals surface area (Å²) in [7, 11) is 0. The standard InChI is InChI=1S/C6H10O3S/c1-2-6(10)9-5-3-7-4-8-5/h5H,2-4H2,1H3. The molecule has 0 saturated carbocycles. The van der Waals surface area contributed by atoms with Gasteiger partial charge >= 0.3 is 0 Å². The highest BCUT2D eigenvalue weighted by Crippen LogP contribution is 2.05. The van der Waals surface area contributed by atoms with Crippen molar-refractivity contribution in [1.29, 1.82) is 0 Å². The first-order valence-electron chi connectivity index (χ1n) is 3.21. The number of thiocarbonyl (C=S) groups is 1. The second-order valence-corrected chi connectivity index (χ2v) is 2.38. The van der Waals surface area contributed by atoms with E-state index in [-0.39, 0.29) is 6.29 Å². The quantitative estimate of drug-likeness (QED) is 0.568. The fraction of sp³-hybridized carbons (Fsp3) is 0.833. The summed E-state index contributed by atoms with van der Waals surface area (Å²) in [6.45, 7) is 2.75. The third kappa shape index (κ3) is 2.21. The van der Waals surface area contributed by atoms with Gasteiger partial charge in [0.05, 0.1) is 0 Å². The van der Waals surface area contributed by atoms with Gasteiger partial charge in [0, 0.05) is 6.42 Å². The lowest BCUT2D eigenvalue weighted by molar-refractivity contribution is -0.0479. The van der Waals surface area contributed by atoms with Gasteiger partial charge in [-0.05, 0) is 12.2 Å². The molecule has 0 bridgehead atoms. The largest absolute Gasteiger partial charge is 0.456 e. The van der Waals surface area contributed by atoms with Gasteiger partial charge in [-0.3, -0.25) is 0 Å². The highest BCUT2D eigenvalue weighted by Gasteiger charge is 2.17. The summed E-state index contributed by atoms with van der Waals surface area (Å²) < 4.78 is 15.0. The van der Waals surface area contributed by atoms with Gasteiger partial charge in [0.25, 0.3) is 0 Å². The maximum absolute atomic E-state index is 5.14. The molecule has 0 aromatic heterocycles. The summed E-state index contributed by atoms with van der Waals surface area (Å²) in [5, 5.41) is 0.579. The third-order valence-electron chi connectivity index (χ3n) is 1.14. The minimum Gasteiger partial charge on any atom is -0.456 e. The molecule has 0 aromatic carbocycles. The SMILES string of the molecule is CCC(=S)OC1COCO1. The predicted molar refractivity (Wildman–Crippen MR) is 39.7 cm³/mol. The monoisotopic (exact) mass is 162 g/mol. The fourth-order valence-corrected chi connectivity index (χ4v) is 0.722. The molecule has 1 heterocycles. The molecule has 1 unspecified atom stereocenters. The van der Waals surface area contributed by atoms with Crippen molar-refractivity contribution < 1.29 is 14.2 Å². The van der Waals surface area contributed by atoms with E-state index >= 15 is 0 Å². The van der Waals surface area contributed by atoms with Gasteiger partial charge in [0.15, 0.2) is 11.8 Å². The van der Waals surface area contributed by atoms with E-state index in [0.717, 1.165) is 6.42 Å². The van der Waals surface area contributed by atoms with Crippen LogP contribution in [0, 0.1) is 0 Å². The van der Waals surface area contributed by atoms with Gasteiger partial charge in [0.2, 0.25) is 6.29 Å². The molecule has 3 nitrogen and oxygen atoms in total. The maximum atomic E-state index is 5.14. The van der Waals surface area contributed by atoms with Gasteiger partial charge in [-0.1, -0.05) is 6.92 Å². The number of ether oxygens (including phenoxy) is 3. The second-order valence-electron chi connectivity index (χ2n) is 1.93. The van der Waals surface area contributed by atoms with E-state index in [2.05, 4.69) is 0 Å². The highest BCUT2D eigenvalue weighted by molar-refractivity contribution is 7.80. The van der Waals surface area contributed by atoms with E-state index in [4.69, 9.17) is 26.4 Å². The minimum absolute atomic E-state index is 0.271. The lowest BCUT2D eigenvalue weighted by atomic mass is 10.5. The fourth-order valence-electron chi connectivity index (χ4n) is 0.614. The first-order valence-corrected chi connectivity index (χ1v) is 3.62. The Bertz CT molecular complexity index is 120. The number of rotatable bonds is 2. The molecule has 1 fully saturated rings. The minimum atomic E-state index is -0.271. The zero-order chi connectivity index (χ0) is 7.40. The van der Waals surface area contributed by atoms with Crippen LogP contribution >= 0.6 is 12.2 Å².